The van der Waals surface area contributed by atoms with E-state index in [1.807, 2.05) is 0 Å². The predicted molar refractivity (Wildman–Crippen MR) is 66.2 cm³/mol. The summed E-state index contributed by atoms with van der Waals surface area (Å²) in [5.74, 6) is 0. The maximum absolute atomic E-state index is 3.52. The molecule has 2 heterocycles. The summed E-state index contributed by atoms with van der Waals surface area (Å²) in [6.45, 7) is 0. The zero-order valence-corrected chi connectivity index (χ0v) is 10.8. The second-order valence-corrected chi connectivity index (χ2v) is 6.10. The van der Waals surface area contributed by atoms with Gasteiger partial charge in [0.25, 0.3) is 0 Å². The molecule has 0 aliphatic carbocycles. The van der Waals surface area contributed by atoms with E-state index in [9.17, 15) is 0 Å². The number of fused-ring (bicyclic) bond motifs is 3. The van der Waals surface area contributed by atoms with Crippen molar-refractivity contribution in [3.05, 3.63) is 34.1 Å². The van der Waals surface area contributed by atoms with Gasteiger partial charge in [-0.1, -0.05) is 18.2 Å². The minimum atomic E-state index is 1.18. The molecule has 0 N–H and O–H groups in total. The van der Waals surface area contributed by atoms with E-state index >= 15 is 0 Å². The fraction of sp³-hybridized carbons (Fsp3) is 0. The molecule has 0 saturated carbocycles. The van der Waals surface area contributed by atoms with E-state index in [0.717, 1.165) is 0 Å². The fourth-order valence-corrected chi connectivity index (χ4v) is 3.86. The lowest BCUT2D eigenvalue weighted by atomic mass is 10.2. The van der Waals surface area contributed by atoms with Crippen LogP contribution in [-0.4, -0.2) is 20.1 Å². The van der Waals surface area contributed by atoms with Gasteiger partial charge in [0, 0.05) is 16.4 Å². The fourth-order valence-electron chi connectivity index (χ4n) is 1.73. The molecular formula is C10H5AlBrNS. The summed E-state index contributed by atoms with van der Waals surface area (Å²) in [6.07, 6.45) is 0. The van der Waals surface area contributed by atoms with Crippen LogP contribution in [0, 0.1) is 0 Å². The smallest absolute Gasteiger partial charge is 0.318 e. The van der Waals surface area contributed by atoms with Crippen molar-refractivity contribution in [2.75, 3.05) is 0 Å². The second-order valence-electron chi connectivity index (χ2n) is 3.15. The third-order valence-electron chi connectivity index (χ3n) is 2.35. The number of nitrogens with zero attached hydrogens (tertiary/aromatic N) is 1. The molecule has 2 radical (unpaired) electrons. The number of halogens is 1. The first-order valence-corrected chi connectivity index (χ1v) is 6.33. The zero-order valence-electron chi connectivity index (χ0n) is 7.20. The molecule has 3 rings (SSSR count). The van der Waals surface area contributed by atoms with Gasteiger partial charge in [0.15, 0.2) is 0 Å². The number of rotatable bonds is 0. The van der Waals surface area contributed by atoms with E-state index in [2.05, 4.69) is 66.3 Å². The third-order valence-corrected chi connectivity index (χ3v) is 4.57. The molecule has 14 heavy (non-hydrogen) atoms. The van der Waals surface area contributed by atoms with E-state index in [0.29, 0.717) is 0 Å². The maximum Gasteiger partial charge on any atom is 0.318 e. The molecule has 66 valence electrons. The highest BCUT2D eigenvalue weighted by Gasteiger charge is 2.08. The zero-order chi connectivity index (χ0) is 9.71. The summed E-state index contributed by atoms with van der Waals surface area (Å²) < 4.78 is 4.69. The molecular weight excluding hydrogens is 273 g/mol. The second kappa shape index (κ2) is 3.11. The molecule has 0 spiro atoms. The SMILES string of the molecule is [Al][n]1c2ccccc2c2sc(Br)cc21. The van der Waals surface area contributed by atoms with Crippen molar-refractivity contribution in [3.63, 3.8) is 0 Å². The summed E-state index contributed by atoms with van der Waals surface area (Å²) in [4.78, 5) is 0. The summed E-state index contributed by atoms with van der Waals surface area (Å²) in [6, 6.07) is 10.6. The van der Waals surface area contributed by atoms with Gasteiger partial charge in [-0.3, -0.25) is 0 Å². The van der Waals surface area contributed by atoms with Crippen LogP contribution < -0.4 is 0 Å². The van der Waals surface area contributed by atoms with Gasteiger partial charge >= 0.3 is 16.5 Å². The van der Waals surface area contributed by atoms with Crippen molar-refractivity contribution in [1.29, 1.82) is 0 Å². The molecule has 0 atom stereocenters. The Labute approximate surface area is 102 Å². The molecule has 0 bridgehead atoms. The van der Waals surface area contributed by atoms with E-state index in [4.69, 9.17) is 0 Å². The highest BCUT2D eigenvalue weighted by Crippen LogP contribution is 2.36. The van der Waals surface area contributed by atoms with E-state index in [-0.39, 0.29) is 0 Å². The van der Waals surface area contributed by atoms with Crippen molar-refractivity contribution in [3.8, 4) is 0 Å². The molecule has 1 aromatic carbocycles. The van der Waals surface area contributed by atoms with Gasteiger partial charge in [0.2, 0.25) is 0 Å². The Morgan fingerprint density at radius 3 is 2.86 bits per heavy atom. The first-order valence-electron chi connectivity index (χ1n) is 4.21. The van der Waals surface area contributed by atoms with Crippen LogP contribution in [0.15, 0.2) is 34.1 Å². The van der Waals surface area contributed by atoms with E-state index in [1.54, 1.807) is 11.3 Å². The van der Waals surface area contributed by atoms with Crippen molar-refractivity contribution in [2.24, 2.45) is 0 Å². The van der Waals surface area contributed by atoms with Gasteiger partial charge in [0.05, 0.1) is 8.49 Å². The van der Waals surface area contributed by atoms with Crippen LogP contribution in [0.3, 0.4) is 0 Å². The summed E-state index contributed by atoms with van der Waals surface area (Å²) in [5.41, 5.74) is 2.54. The lowest BCUT2D eigenvalue weighted by Crippen LogP contribution is -1.88. The summed E-state index contributed by atoms with van der Waals surface area (Å²) >= 11 is 8.07. The van der Waals surface area contributed by atoms with Crippen molar-refractivity contribution >= 4 is 64.9 Å². The van der Waals surface area contributed by atoms with Crippen LogP contribution in [0.2, 0.25) is 0 Å². The Kier molecular flexibility index (Phi) is 2.00. The van der Waals surface area contributed by atoms with Crippen molar-refractivity contribution in [2.45, 2.75) is 0 Å². The highest BCUT2D eigenvalue weighted by atomic mass is 79.9. The first-order chi connectivity index (χ1) is 6.77. The molecule has 4 heteroatoms. The molecule has 0 saturated heterocycles. The number of thiophene rings is 1. The molecule has 0 aliphatic rings. The van der Waals surface area contributed by atoms with Gasteiger partial charge in [-0.2, -0.15) is 0 Å². The average molecular weight is 278 g/mol. The van der Waals surface area contributed by atoms with Crippen LogP contribution in [0.1, 0.15) is 0 Å². The molecule has 3 aromatic rings. The van der Waals surface area contributed by atoms with Gasteiger partial charge in [-0.15, -0.1) is 11.3 Å². The van der Waals surface area contributed by atoms with Gasteiger partial charge in [-0.25, -0.2) is 0 Å². The normalized spacial score (nSPS) is 11.5. The molecule has 0 unspecified atom stereocenters. The largest absolute Gasteiger partial charge is 0.451 e. The van der Waals surface area contributed by atoms with Gasteiger partial charge in [0.1, 0.15) is 0 Å². The number of aromatic nitrogens is 1. The minimum absolute atomic E-state index is 1.18. The maximum atomic E-state index is 3.52. The Hall–Kier alpha value is -0.268. The van der Waals surface area contributed by atoms with Gasteiger partial charge in [-0.05, 0) is 28.1 Å². The lowest BCUT2D eigenvalue weighted by Gasteiger charge is -1.97. The average Bonchev–Trinajstić information content (AvgIpc) is 2.68. The summed E-state index contributed by atoms with van der Waals surface area (Å²) in [7, 11) is 0. The summed E-state index contributed by atoms with van der Waals surface area (Å²) in [5, 5.41) is 1.33. The molecule has 0 aliphatic heterocycles. The minimum Gasteiger partial charge on any atom is -0.451 e. The number of hydrogen-bond acceptors (Lipinski definition) is 1. The monoisotopic (exact) mass is 277 g/mol. The van der Waals surface area contributed by atoms with E-state index < -0.39 is 0 Å². The Balaban J connectivity index is 2.65. The topological polar surface area (TPSA) is 4.93 Å². The van der Waals surface area contributed by atoms with Crippen LogP contribution >= 0.6 is 27.3 Å². The molecule has 1 nitrogen and oxygen atoms in total. The molecule has 2 aromatic heterocycles. The quantitative estimate of drug-likeness (QED) is 0.554. The standard InChI is InChI=1S/C10H5BrNS.Al/c11-9-5-8-10(13-9)6-3-1-2-4-7(6)12-8;/h1-5H;/q-1;+1. The highest BCUT2D eigenvalue weighted by molar-refractivity contribution is 9.11. The number of hydrogen-bond donors (Lipinski definition) is 0. The lowest BCUT2D eigenvalue weighted by molar-refractivity contribution is 1.40. The van der Waals surface area contributed by atoms with Crippen molar-refractivity contribution < 1.29 is 0 Å². The Bertz CT molecular complexity index is 625. The Morgan fingerprint density at radius 1 is 1.21 bits per heavy atom. The van der Waals surface area contributed by atoms with Crippen LogP contribution in [0.25, 0.3) is 21.1 Å². The molecule has 0 amide bonds. The Morgan fingerprint density at radius 2 is 2.00 bits per heavy atom. The van der Waals surface area contributed by atoms with Crippen LogP contribution in [0.4, 0.5) is 0 Å². The molecule has 0 fully saturated rings. The third kappa shape index (κ3) is 1.12. The number of para-hydroxylation sites is 1. The van der Waals surface area contributed by atoms with Crippen molar-refractivity contribution in [1.82, 2.24) is 3.55 Å². The first kappa shape index (κ1) is 8.99. The van der Waals surface area contributed by atoms with Crippen LogP contribution in [0.5, 0.6) is 0 Å². The van der Waals surface area contributed by atoms with E-state index in [1.165, 1.54) is 24.9 Å². The van der Waals surface area contributed by atoms with Crippen LogP contribution in [-0.2, 0) is 0 Å². The number of benzene rings is 1. The van der Waals surface area contributed by atoms with Gasteiger partial charge < -0.3 is 3.55 Å². The predicted octanol–water partition coefficient (Wildman–Crippen LogP) is 3.55.